The molecule has 1 aromatic carbocycles. The molecule has 0 aromatic heterocycles. The van der Waals surface area contributed by atoms with Gasteiger partial charge in [0.05, 0.1) is 42.8 Å². The fourth-order valence-corrected chi connectivity index (χ4v) is 9.76. The molecule has 0 unspecified atom stereocenters. The van der Waals surface area contributed by atoms with Crippen molar-refractivity contribution in [3.05, 3.63) is 47.0 Å². The lowest BCUT2D eigenvalue weighted by atomic mass is 9.44. The summed E-state index contributed by atoms with van der Waals surface area (Å²) < 4.78 is 47.1. The number of aliphatic hydroxyl groups is 2. The van der Waals surface area contributed by atoms with Crippen LogP contribution in [0.25, 0.3) is 0 Å². The maximum Gasteiger partial charge on any atom is 0.508 e. The molecule has 16 nitrogen and oxygen atoms in total. The van der Waals surface area contributed by atoms with E-state index in [4.69, 9.17) is 37.9 Å². The Bertz CT molecular complexity index is 1830. The van der Waals surface area contributed by atoms with Gasteiger partial charge in [-0.25, -0.2) is 19.2 Å². The molecular weight excluding hydrogens is 770 g/mol. The van der Waals surface area contributed by atoms with Crippen LogP contribution in [-0.4, -0.2) is 128 Å². The number of esters is 2. The molecule has 1 amide bonds. The van der Waals surface area contributed by atoms with E-state index in [0.717, 1.165) is 7.11 Å². The van der Waals surface area contributed by atoms with Gasteiger partial charge in [-0.2, -0.15) is 0 Å². The summed E-state index contributed by atoms with van der Waals surface area (Å²) in [5, 5.41) is 27.9. The minimum Gasteiger partial charge on any atom is -0.456 e. The third-order valence-corrected chi connectivity index (χ3v) is 12.9. The molecule has 4 aliphatic rings. The number of ether oxygens (including phenoxy) is 8. The molecule has 3 N–H and O–H groups in total. The van der Waals surface area contributed by atoms with Gasteiger partial charge in [-0.15, -0.1) is 0 Å². The average Bonchev–Trinajstić information content (AvgIpc) is 3.14. The van der Waals surface area contributed by atoms with Gasteiger partial charge in [0.1, 0.15) is 35.6 Å². The minimum absolute atomic E-state index is 0.0757. The Morgan fingerprint density at radius 3 is 2.08 bits per heavy atom. The minimum atomic E-state index is -2.24. The standard InChI is InChI=1S/C43H61NO15/c1-22-24(56-35(48)28(45)31(38(2,3)4)44-36(49)58-39(5,6)7)20-43(51)33(57-34(47)23-17-15-14-16-18-23)30-41(10,32(46)29(53-12)27(22)40(43,8)9)25(52-11)19-26-42(30,21-55-26)59-37(50)54-13/h14-18,24-26,28-31,33,45,51H,19-21H2,1-13H3,(H,44,49)/t24-,25-,26+,28+,29+,30-,31+,33-,41+,42-,43+/m0/s1. The highest BCUT2D eigenvalue weighted by Gasteiger charge is 2.78. The van der Waals surface area contributed by atoms with Crippen molar-refractivity contribution in [2.75, 3.05) is 27.9 Å². The van der Waals surface area contributed by atoms with Crippen LogP contribution in [0, 0.1) is 22.2 Å². The van der Waals surface area contributed by atoms with Crippen molar-refractivity contribution in [3.8, 4) is 0 Å². The topological polar surface area (TPSA) is 212 Å². The number of hydrogen-bond donors (Lipinski definition) is 3. The van der Waals surface area contributed by atoms with Gasteiger partial charge in [-0.1, -0.05) is 52.8 Å². The molecule has 3 aliphatic carbocycles. The van der Waals surface area contributed by atoms with Crippen LogP contribution in [0.1, 0.15) is 92.4 Å². The number of rotatable bonds is 9. The Morgan fingerprint density at radius 1 is 0.949 bits per heavy atom. The van der Waals surface area contributed by atoms with Gasteiger partial charge in [0.15, 0.2) is 17.5 Å². The molecule has 1 heterocycles. The number of nitrogens with one attached hydrogen (secondary N) is 1. The molecule has 5 rings (SSSR count). The molecule has 11 atom stereocenters. The molecule has 2 bridgehead atoms. The predicted molar refractivity (Wildman–Crippen MR) is 209 cm³/mol. The maximum atomic E-state index is 15.5. The number of carbonyl (C=O) groups is 5. The molecule has 1 saturated heterocycles. The first-order valence-corrected chi connectivity index (χ1v) is 19.8. The fraction of sp³-hybridized carbons (Fsp3) is 0.698. The number of aliphatic hydroxyl groups excluding tert-OH is 1. The highest BCUT2D eigenvalue weighted by atomic mass is 16.8. The van der Waals surface area contributed by atoms with E-state index in [1.807, 2.05) is 0 Å². The lowest BCUT2D eigenvalue weighted by Crippen LogP contribution is -2.82. The maximum absolute atomic E-state index is 15.5. The Labute approximate surface area is 345 Å². The quantitative estimate of drug-likeness (QED) is 0.178. The molecule has 0 radical (unpaired) electrons. The zero-order chi connectivity index (χ0) is 44.3. The molecule has 16 heteroatoms. The first-order chi connectivity index (χ1) is 27.2. The van der Waals surface area contributed by atoms with Crippen molar-refractivity contribution in [1.82, 2.24) is 5.32 Å². The van der Waals surface area contributed by atoms with Crippen LogP contribution in [0.15, 0.2) is 41.5 Å². The van der Waals surface area contributed by atoms with Crippen molar-refractivity contribution < 1.29 is 72.1 Å². The van der Waals surface area contributed by atoms with Crippen LogP contribution in [0.4, 0.5) is 9.59 Å². The Hall–Kier alpha value is -4.09. The normalized spacial score (nSPS) is 33.6. The van der Waals surface area contributed by atoms with Crippen LogP contribution in [0.3, 0.4) is 0 Å². The van der Waals surface area contributed by atoms with E-state index in [1.165, 1.54) is 26.4 Å². The molecule has 328 valence electrons. The number of Topliss-reactive ketones (excluding diaryl/α,β-unsaturated/α-hetero) is 1. The molecule has 3 fully saturated rings. The zero-order valence-electron chi connectivity index (χ0n) is 36.3. The third-order valence-electron chi connectivity index (χ3n) is 12.9. The van der Waals surface area contributed by atoms with Crippen molar-refractivity contribution in [2.45, 2.75) is 142 Å². The second-order valence-electron chi connectivity index (χ2n) is 18.9. The number of hydrogen-bond acceptors (Lipinski definition) is 15. The van der Waals surface area contributed by atoms with Crippen molar-refractivity contribution in [1.29, 1.82) is 0 Å². The molecule has 1 aromatic rings. The summed E-state index contributed by atoms with van der Waals surface area (Å²) in [7, 11) is 3.88. The summed E-state index contributed by atoms with van der Waals surface area (Å²) in [5.74, 6) is -3.93. The molecule has 59 heavy (non-hydrogen) atoms. The van der Waals surface area contributed by atoms with Crippen molar-refractivity contribution in [2.24, 2.45) is 22.2 Å². The highest BCUT2D eigenvalue weighted by Crippen LogP contribution is 2.64. The summed E-state index contributed by atoms with van der Waals surface area (Å²) in [6, 6.07) is 6.83. The summed E-state index contributed by atoms with van der Waals surface area (Å²) in [5.41, 5.74) is -8.20. The SMILES string of the molecule is COC(=O)O[C@@]12CO[C@@H]1C[C@H](OC)[C@@]1(C)C(=O)[C@H](OC)C3=C(C)[C@@H](OC(=O)[C@H](O)[C@@H](NC(=O)OC(C)(C)C)C(C)(C)C)C[C@@](O)([C@@H](OC(=O)c4ccccc4)[C@H]21)C3(C)C. The fourth-order valence-electron chi connectivity index (χ4n) is 9.76. The number of alkyl carbamates (subject to hydrolysis) is 1. The van der Waals surface area contributed by atoms with Gasteiger partial charge in [0, 0.05) is 32.5 Å². The Balaban J connectivity index is 1.72. The first kappa shape index (κ1) is 46.0. The predicted octanol–water partition coefficient (Wildman–Crippen LogP) is 4.46. The monoisotopic (exact) mass is 831 g/mol. The van der Waals surface area contributed by atoms with Gasteiger partial charge in [-0.05, 0) is 63.3 Å². The number of amides is 1. The van der Waals surface area contributed by atoms with E-state index in [2.05, 4.69) is 5.32 Å². The summed E-state index contributed by atoms with van der Waals surface area (Å²) in [6.45, 7) is 16.5. The molecule has 1 aliphatic heterocycles. The number of benzene rings is 1. The van der Waals surface area contributed by atoms with E-state index in [1.54, 1.807) is 87.4 Å². The van der Waals surface area contributed by atoms with Gasteiger partial charge in [-0.3, -0.25) is 4.79 Å². The largest absolute Gasteiger partial charge is 0.508 e. The van der Waals surface area contributed by atoms with E-state index in [9.17, 15) is 29.4 Å². The third kappa shape index (κ3) is 7.86. The number of carbonyl (C=O) groups excluding carboxylic acids is 5. The summed E-state index contributed by atoms with van der Waals surface area (Å²) in [6.07, 6.45) is -10.5. The number of fused-ring (bicyclic) bond motifs is 5. The number of methoxy groups -OCH3 is 3. The van der Waals surface area contributed by atoms with Crippen LogP contribution >= 0.6 is 0 Å². The van der Waals surface area contributed by atoms with Crippen LogP contribution < -0.4 is 5.32 Å². The lowest BCUT2D eigenvalue weighted by molar-refractivity contribution is -0.345. The zero-order valence-corrected chi connectivity index (χ0v) is 36.3. The van der Waals surface area contributed by atoms with E-state index >= 15 is 4.79 Å². The Morgan fingerprint density at radius 2 is 1.58 bits per heavy atom. The lowest BCUT2D eigenvalue weighted by Gasteiger charge is -2.67. The van der Waals surface area contributed by atoms with E-state index in [-0.39, 0.29) is 24.2 Å². The first-order valence-electron chi connectivity index (χ1n) is 19.8. The molecular formula is C43H61NO15. The van der Waals surface area contributed by atoms with Gasteiger partial charge in [0.2, 0.25) is 0 Å². The van der Waals surface area contributed by atoms with Crippen LogP contribution in [0.2, 0.25) is 0 Å². The smallest absolute Gasteiger partial charge is 0.456 e. The van der Waals surface area contributed by atoms with Crippen molar-refractivity contribution in [3.63, 3.8) is 0 Å². The van der Waals surface area contributed by atoms with Gasteiger partial charge in [0.25, 0.3) is 0 Å². The number of ketones is 1. The van der Waals surface area contributed by atoms with Crippen molar-refractivity contribution >= 4 is 30.0 Å². The van der Waals surface area contributed by atoms with Gasteiger partial charge < -0.3 is 53.4 Å². The van der Waals surface area contributed by atoms with E-state index < -0.39 is 118 Å². The Kier molecular flexibility index (Phi) is 12.5. The van der Waals surface area contributed by atoms with Gasteiger partial charge >= 0.3 is 24.2 Å². The second-order valence-corrected chi connectivity index (χ2v) is 18.9. The second kappa shape index (κ2) is 16.1. The average molecular weight is 832 g/mol. The van der Waals surface area contributed by atoms with E-state index in [0.29, 0.717) is 5.57 Å². The molecule has 0 spiro atoms. The summed E-state index contributed by atoms with van der Waals surface area (Å²) in [4.78, 5) is 70.0. The van der Waals surface area contributed by atoms with Crippen LogP contribution in [-0.2, 0) is 47.5 Å². The van der Waals surface area contributed by atoms with Crippen LogP contribution in [0.5, 0.6) is 0 Å². The summed E-state index contributed by atoms with van der Waals surface area (Å²) >= 11 is 0. The molecule has 2 saturated carbocycles. The highest BCUT2D eigenvalue weighted by molar-refractivity contribution is 5.94.